The summed E-state index contributed by atoms with van der Waals surface area (Å²) in [6, 6.07) is 64.0. The van der Waals surface area contributed by atoms with Crippen molar-refractivity contribution in [1.82, 2.24) is 4.57 Å². The third-order valence-corrected chi connectivity index (χ3v) is 10.3. The van der Waals surface area contributed by atoms with E-state index in [1.54, 1.807) is 0 Å². The zero-order valence-corrected chi connectivity index (χ0v) is 29.3. The molecule has 0 aliphatic carbocycles. The Balaban J connectivity index is 1.09. The maximum Gasteiger partial charge on any atom is 0.0629 e. The average Bonchev–Trinajstić information content (AvgIpc) is 3.63. The maximum absolute atomic E-state index is 8.43. The number of hydrogen-bond acceptors (Lipinski definition) is 1. The lowest BCUT2D eigenvalue weighted by Crippen LogP contribution is -2.11. The number of rotatable bonds is 7. The van der Waals surface area contributed by atoms with E-state index in [9.17, 15) is 0 Å². The standard InChI is InChI=1S/C52H36N2/c1-3-15-37(16-4-1)38-29-31-39(32-30-38)40-33-35-43(36-34-40)53(42-19-5-2-6-20-42)49-25-11-9-22-45(49)46-24-14-28-51-52(46)47-23-10-12-26-50(47)54(51)48-27-13-18-41-17-7-8-21-44(41)48/h1-36H/i1D,3D,4D,15D,16D. The minimum atomic E-state index is -0.394. The summed E-state index contributed by atoms with van der Waals surface area (Å²) in [6.07, 6.45) is 0. The molecule has 0 amide bonds. The summed E-state index contributed by atoms with van der Waals surface area (Å²) >= 11 is 0. The van der Waals surface area contributed by atoms with E-state index >= 15 is 0 Å². The Labute approximate surface area is 322 Å². The van der Waals surface area contributed by atoms with Gasteiger partial charge in [-0.05, 0) is 81.7 Å². The van der Waals surface area contributed by atoms with Crippen molar-refractivity contribution in [3.05, 3.63) is 218 Å². The second-order valence-electron chi connectivity index (χ2n) is 13.4. The van der Waals surface area contributed by atoms with Crippen LogP contribution in [0.5, 0.6) is 0 Å². The van der Waals surface area contributed by atoms with Crippen molar-refractivity contribution in [2.75, 3.05) is 4.90 Å². The molecule has 10 aromatic rings. The van der Waals surface area contributed by atoms with Crippen molar-refractivity contribution in [2.45, 2.75) is 0 Å². The Morgan fingerprint density at radius 2 is 0.944 bits per heavy atom. The summed E-state index contributed by atoms with van der Waals surface area (Å²) in [4.78, 5) is 2.31. The Kier molecular flexibility index (Phi) is 6.61. The largest absolute Gasteiger partial charge is 0.310 e. The fourth-order valence-electron chi connectivity index (χ4n) is 7.83. The molecule has 0 fully saturated rings. The lowest BCUT2D eigenvalue weighted by atomic mass is 9.96. The number of aromatic nitrogens is 1. The number of benzene rings is 9. The van der Waals surface area contributed by atoms with Crippen LogP contribution in [0.1, 0.15) is 6.85 Å². The van der Waals surface area contributed by atoms with Gasteiger partial charge in [-0.25, -0.2) is 0 Å². The molecular weight excluding hydrogens is 653 g/mol. The molecule has 0 saturated heterocycles. The van der Waals surface area contributed by atoms with Crippen LogP contribution in [0.4, 0.5) is 17.1 Å². The monoisotopic (exact) mass is 693 g/mol. The zero-order chi connectivity index (χ0) is 40.2. The van der Waals surface area contributed by atoms with E-state index in [0.29, 0.717) is 5.56 Å². The van der Waals surface area contributed by atoms with E-state index in [4.69, 9.17) is 6.85 Å². The summed E-state index contributed by atoms with van der Waals surface area (Å²) in [6.45, 7) is 0. The second kappa shape index (κ2) is 13.4. The van der Waals surface area contributed by atoms with Crippen molar-refractivity contribution in [3.8, 4) is 39.1 Å². The summed E-state index contributed by atoms with van der Waals surface area (Å²) in [5.41, 5.74) is 11.5. The van der Waals surface area contributed by atoms with Crippen LogP contribution in [-0.2, 0) is 0 Å². The smallest absolute Gasteiger partial charge is 0.0629 e. The fourth-order valence-corrected chi connectivity index (χ4v) is 7.83. The number of anilines is 3. The van der Waals surface area contributed by atoms with Gasteiger partial charge in [0, 0.05) is 33.1 Å². The van der Waals surface area contributed by atoms with Crippen LogP contribution in [0.3, 0.4) is 0 Å². The molecular formula is C52H36N2. The van der Waals surface area contributed by atoms with E-state index in [1.807, 2.05) is 30.3 Å². The Morgan fingerprint density at radius 1 is 0.389 bits per heavy atom. The molecule has 0 atom stereocenters. The molecule has 0 saturated carbocycles. The predicted molar refractivity (Wildman–Crippen MR) is 229 cm³/mol. The van der Waals surface area contributed by atoms with Crippen molar-refractivity contribution in [1.29, 1.82) is 0 Å². The number of hydrogen-bond donors (Lipinski definition) is 0. The van der Waals surface area contributed by atoms with Gasteiger partial charge >= 0.3 is 0 Å². The molecule has 10 rings (SSSR count). The van der Waals surface area contributed by atoms with E-state index in [-0.39, 0.29) is 29.7 Å². The summed E-state index contributed by atoms with van der Waals surface area (Å²) < 4.78 is 43.5. The molecule has 1 heterocycles. The van der Waals surface area contributed by atoms with Gasteiger partial charge in [-0.3, -0.25) is 0 Å². The van der Waals surface area contributed by atoms with Gasteiger partial charge in [-0.15, -0.1) is 0 Å². The topological polar surface area (TPSA) is 8.17 Å². The van der Waals surface area contributed by atoms with Gasteiger partial charge in [0.25, 0.3) is 0 Å². The van der Waals surface area contributed by atoms with Crippen LogP contribution in [0.2, 0.25) is 0 Å². The van der Waals surface area contributed by atoms with Crippen molar-refractivity contribution < 1.29 is 6.85 Å². The third kappa shape index (κ3) is 5.44. The highest BCUT2D eigenvalue weighted by Crippen LogP contribution is 2.45. The highest BCUT2D eigenvalue weighted by Gasteiger charge is 2.21. The molecule has 0 aliphatic heterocycles. The molecule has 54 heavy (non-hydrogen) atoms. The van der Waals surface area contributed by atoms with Crippen LogP contribution in [0, 0.1) is 0 Å². The summed E-state index contributed by atoms with van der Waals surface area (Å²) in [5.74, 6) is 0. The molecule has 2 heteroatoms. The van der Waals surface area contributed by atoms with Crippen LogP contribution >= 0.6 is 0 Å². The van der Waals surface area contributed by atoms with Gasteiger partial charge < -0.3 is 9.47 Å². The Hall–Kier alpha value is -7.16. The van der Waals surface area contributed by atoms with Crippen LogP contribution < -0.4 is 4.90 Å². The van der Waals surface area contributed by atoms with Gasteiger partial charge in [-0.1, -0.05) is 170 Å². The van der Waals surface area contributed by atoms with Gasteiger partial charge in [0.15, 0.2) is 0 Å². The molecule has 9 aromatic carbocycles. The maximum atomic E-state index is 8.43. The number of nitrogens with zero attached hydrogens (tertiary/aromatic N) is 2. The van der Waals surface area contributed by atoms with Gasteiger partial charge in [-0.2, -0.15) is 0 Å². The minimum absolute atomic E-state index is 0.198. The molecule has 0 N–H and O–H groups in total. The molecule has 0 unspecified atom stereocenters. The van der Waals surface area contributed by atoms with Crippen molar-refractivity contribution in [3.63, 3.8) is 0 Å². The lowest BCUT2D eigenvalue weighted by molar-refractivity contribution is 1.20. The molecule has 254 valence electrons. The van der Waals surface area contributed by atoms with Crippen LogP contribution in [-0.4, -0.2) is 4.57 Å². The Bertz CT molecular complexity index is 3180. The lowest BCUT2D eigenvalue weighted by Gasteiger charge is -2.28. The first-order valence-corrected chi connectivity index (χ1v) is 18.1. The van der Waals surface area contributed by atoms with Crippen molar-refractivity contribution in [2.24, 2.45) is 0 Å². The molecule has 0 bridgehead atoms. The first-order chi connectivity index (χ1) is 28.9. The van der Waals surface area contributed by atoms with E-state index < -0.39 is 6.04 Å². The predicted octanol–water partition coefficient (Wildman–Crippen LogP) is 14.4. The first kappa shape index (κ1) is 26.6. The Morgan fingerprint density at radius 3 is 1.74 bits per heavy atom. The highest BCUT2D eigenvalue weighted by atomic mass is 15.1. The molecule has 0 radical (unpaired) electrons. The SMILES string of the molecule is [2H]c1c([2H])c([2H])c(-c2ccc(-c3ccc(N(c4ccccc4)c4ccccc4-c4cccc5c4c4ccccc4n5-c4cccc5ccccc45)cc3)cc2)c([2H])c1[2H]. The molecule has 0 spiro atoms. The van der Waals surface area contributed by atoms with Gasteiger partial charge in [0.1, 0.15) is 0 Å². The van der Waals surface area contributed by atoms with Crippen LogP contribution in [0.15, 0.2) is 218 Å². The first-order valence-electron chi connectivity index (χ1n) is 20.6. The summed E-state index contributed by atoms with van der Waals surface area (Å²) in [7, 11) is 0. The van der Waals surface area contributed by atoms with Gasteiger partial charge in [0.2, 0.25) is 0 Å². The van der Waals surface area contributed by atoms with E-state index in [0.717, 1.165) is 56.0 Å². The second-order valence-corrected chi connectivity index (χ2v) is 13.4. The van der Waals surface area contributed by atoms with E-state index in [2.05, 4.69) is 167 Å². The zero-order valence-electron chi connectivity index (χ0n) is 34.3. The minimum Gasteiger partial charge on any atom is -0.310 e. The molecule has 1 aromatic heterocycles. The number of para-hydroxylation sites is 3. The number of fused-ring (bicyclic) bond motifs is 4. The quantitative estimate of drug-likeness (QED) is 0.161. The highest BCUT2D eigenvalue weighted by molar-refractivity contribution is 6.17. The third-order valence-electron chi connectivity index (χ3n) is 10.3. The molecule has 0 aliphatic rings. The summed E-state index contributed by atoms with van der Waals surface area (Å²) in [5, 5.41) is 4.78. The van der Waals surface area contributed by atoms with Crippen LogP contribution in [0.25, 0.3) is 71.6 Å². The van der Waals surface area contributed by atoms with Gasteiger partial charge in [0.05, 0.1) is 29.3 Å². The molecule has 2 nitrogen and oxygen atoms in total. The normalized spacial score (nSPS) is 12.6. The van der Waals surface area contributed by atoms with E-state index in [1.165, 1.54) is 21.5 Å². The fraction of sp³-hybridized carbons (Fsp3) is 0. The van der Waals surface area contributed by atoms with Crippen molar-refractivity contribution >= 4 is 49.6 Å². The average molecular weight is 694 g/mol.